The highest BCUT2D eigenvalue weighted by Gasteiger charge is 2.05. The van der Waals surface area contributed by atoms with Crippen molar-refractivity contribution in [2.75, 3.05) is 0 Å². The summed E-state index contributed by atoms with van der Waals surface area (Å²) in [5.74, 6) is -0.339. The van der Waals surface area contributed by atoms with Crippen LogP contribution < -0.4 is 0 Å². The van der Waals surface area contributed by atoms with Crippen LogP contribution in [0.15, 0.2) is 0 Å². The Morgan fingerprint density at radius 2 is 1.56 bits per heavy atom. The summed E-state index contributed by atoms with van der Waals surface area (Å²) in [4.78, 5) is 19.5. The van der Waals surface area contributed by atoms with E-state index in [1.54, 1.807) is 0 Å². The first kappa shape index (κ1) is 17.5. The van der Waals surface area contributed by atoms with Crippen molar-refractivity contribution in [2.45, 2.75) is 66.2 Å². The van der Waals surface area contributed by atoms with Crippen molar-refractivity contribution in [3.63, 3.8) is 0 Å². The maximum Gasteiger partial charge on any atom is 0.310 e. The van der Waals surface area contributed by atoms with Gasteiger partial charge in [0.25, 0.3) is 0 Å². The zero-order chi connectivity index (χ0) is 13.0. The average Bonchev–Trinajstić information content (AvgIpc) is 2.20. The summed E-state index contributed by atoms with van der Waals surface area (Å²) in [6.07, 6.45) is 7.08. The fourth-order valence-corrected chi connectivity index (χ4v) is 1.52. The maximum atomic E-state index is 9.87. The molecule has 0 spiro atoms. The van der Waals surface area contributed by atoms with E-state index in [1.165, 1.54) is 39.0 Å². The van der Waals surface area contributed by atoms with E-state index in [4.69, 9.17) is 5.11 Å². The van der Waals surface area contributed by atoms with Crippen LogP contribution in [0.25, 0.3) is 0 Å². The lowest BCUT2D eigenvalue weighted by atomic mass is 9.91. The Balaban J connectivity index is 0. The molecule has 1 aliphatic carbocycles. The smallest absolute Gasteiger partial charge is 0.310 e. The summed E-state index contributed by atoms with van der Waals surface area (Å²) < 4.78 is 0. The largest absolute Gasteiger partial charge is 0.481 e. The van der Waals surface area contributed by atoms with Gasteiger partial charge in [-0.25, -0.2) is 0 Å². The molecule has 0 saturated heterocycles. The molecule has 3 nitrogen and oxygen atoms in total. The van der Waals surface area contributed by atoms with E-state index in [-0.39, 0.29) is 12.2 Å². The Morgan fingerprint density at radius 3 is 1.69 bits per heavy atom. The van der Waals surface area contributed by atoms with Crippen LogP contribution in [-0.4, -0.2) is 16.9 Å². The zero-order valence-corrected chi connectivity index (χ0v) is 11.1. The van der Waals surface area contributed by atoms with Crippen LogP contribution in [0, 0.1) is 5.92 Å². The van der Waals surface area contributed by atoms with Crippen molar-refractivity contribution in [3.8, 4) is 0 Å². The quantitative estimate of drug-likeness (QED) is 0.736. The number of carbonyl (C=O) groups excluding carboxylic acids is 1. The van der Waals surface area contributed by atoms with Gasteiger partial charge in [0.15, 0.2) is 0 Å². The normalized spacial score (nSPS) is 15.0. The predicted molar refractivity (Wildman–Crippen MR) is 66.5 cm³/mol. The number of carboxylic acid groups (broad SMARTS) is 1. The summed E-state index contributed by atoms with van der Waals surface area (Å²) in [6, 6.07) is 0. The van der Waals surface area contributed by atoms with Crippen molar-refractivity contribution >= 4 is 11.8 Å². The Labute approximate surface area is 99.2 Å². The number of carboxylic acids is 1. The van der Waals surface area contributed by atoms with Gasteiger partial charge < -0.3 is 5.11 Å². The summed E-state index contributed by atoms with van der Waals surface area (Å²) in [6.45, 7) is 7.60. The number of hydrogen-bond acceptors (Lipinski definition) is 2. The molecule has 3 heteroatoms. The van der Waals surface area contributed by atoms with Crippen LogP contribution in [0.2, 0.25) is 0 Å². The number of hydrogen-bond donors (Lipinski definition) is 1. The van der Waals surface area contributed by atoms with Gasteiger partial charge in [0, 0.05) is 0 Å². The predicted octanol–water partition coefficient (Wildman–Crippen LogP) is 3.66. The molecule has 0 aromatic carbocycles. The third-order valence-electron chi connectivity index (χ3n) is 2.29. The molecule has 0 aromatic heterocycles. The lowest BCUT2D eigenvalue weighted by molar-refractivity contribution is -0.139. The number of ketones is 1. The SMILES string of the molecule is CC.CC(=O)CC(=O)O.CC1CCCCC1. The van der Waals surface area contributed by atoms with Crippen LogP contribution in [0.4, 0.5) is 0 Å². The highest BCUT2D eigenvalue weighted by atomic mass is 16.4. The molecule has 1 fully saturated rings. The molecule has 1 saturated carbocycles. The van der Waals surface area contributed by atoms with Gasteiger partial charge in [-0.15, -0.1) is 0 Å². The highest BCUT2D eigenvalue weighted by molar-refractivity contribution is 5.93. The van der Waals surface area contributed by atoms with E-state index in [1.807, 2.05) is 13.8 Å². The molecule has 0 unspecified atom stereocenters. The summed E-state index contributed by atoms with van der Waals surface area (Å²) in [7, 11) is 0. The van der Waals surface area contributed by atoms with Crippen molar-refractivity contribution in [2.24, 2.45) is 5.92 Å². The van der Waals surface area contributed by atoms with Crippen LogP contribution in [-0.2, 0) is 9.59 Å². The fraction of sp³-hybridized carbons (Fsp3) is 0.846. The van der Waals surface area contributed by atoms with E-state index in [2.05, 4.69) is 6.92 Å². The van der Waals surface area contributed by atoms with E-state index in [0.29, 0.717) is 0 Å². The first-order chi connectivity index (χ1) is 7.52. The molecule has 0 atom stereocenters. The molecule has 1 aliphatic rings. The van der Waals surface area contributed by atoms with Gasteiger partial charge in [0.2, 0.25) is 0 Å². The highest BCUT2D eigenvalue weighted by Crippen LogP contribution is 2.22. The van der Waals surface area contributed by atoms with Gasteiger partial charge in [-0.1, -0.05) is 52.9 Å². The second-order valence-electron chi connectivity index (χ2n) is 4.02. The van der Waals surface area contributed by atoms with Crippen LogP contribution >= 0.6 is 0 Å². The second kappa shape index (κ2) is 12.2. The zero-order valence-electron chi connectivity index (χ0n) is 11.1. The topological polar surface area (TPSA) is 54.4 Å². The first-order valence-corrected chi connectivity index (χ1v) is 6.23. The Bertz CT molecular complexity index is 170. The summed E-state index contributed by atoms with van der Waals surface area (Å²) in [5, 5.41) is 7.86. The lowest BCUT2D eigenvalue weighted by Crippen LogP contribution is -2.00. The standard InChI is InChI=1S/C7H14.C4H6O3.C2H6/c1-7-5-3-2-4-6-7;1-3(5)2-4(6)7;1-2/h7H,2-6H2,1H3;2H2,1H3,(H,6,7);1-2H3. The Hall–Kier alpha value is -0.860. The molecule has 0 radical (unpaired) electrons. The second-order valence-corrected chi connectivity index (χ2v) is 4.02. The summed E-state index contributed by atoms with van der Waals surface area (Å²) in [5.41, 5.74) is 0. The molecule has 0 aromatic rings. The van der Waals surface area contributed by atoms with Crippen molar-refractivity contribution < 1.29 is 14.7 Å². The monoisotopic (exact) mass is 230 g/mol. The van der Waals surface area contributed by atoms with Crippen LogP contribution in [0.5, 0.6) is 0 Å². The maximum absolute atomic E-state index is 9.87. The molecule has 1 N–H and O–H groups in total. The summed E-state index contributed by atoms with van der Waals surface area (Å²) >= 11 is 0. The van der Waals surface area contributed by atoms with Gasteiger partial charge in [-0.3, -0.25) is 9.59 Å². The van der Waals surface area contributed by atoms with Gasteiger partial charge in [0.1, 0.15) is 12.2 Å². The number of rotatable bonds is 2. The van der Waals surface area contributed by atoms with Gasteiger partial charge >= 0.3 is 5.97 Å². The van der Waals surface area contributed by atoms with Gasteiger partial charge in [-0.2, -0.15) is 0 Å². The van der Waals surface area contributed by atoms with Gasteiger partial charge in [-0.05, 0) is 12.8 Å². The molecule has 1 rings (SSSR count). The van der Waals surface area contributed by atoms with Gasteiger partial charge in [0.05, 0.1) is 0 Å². The van der Waals surface area contributed by atoms with Crippen LogP contribution in [0.3, 0.4) is 0 Å². The number of Topliss-reactive ketones (excluding diaryl/α,β-unsaturated/α-hetero) is 1. The van der Waals surface area contributed by atoms with Crippen molar-refractivity contribution in [1.29, 1.82) is 0 Å². The van der Waals surface area contributed by atoms with E-state index < -0.39 is 5.97 Å². The van der Waals surface area contributed by atoms with E-state index >= 15 is 0 Å². The van der Waals surface area contributed by atoms with Crippen molar-refractivity contribution in [3.05, 3.63) is 0 Å². The molecule has 96 valence electrons. The van der Waals surface area contributed by atoms with E-state index in [9.17, 15) is 9.59 Å². The molecule has 0 bridgehead atoms. The number of aliphatic carboxylic acids is 1. The average molecular weight is 230 g/mol. The Morgan fingerprint density at radius 1 is 1.12 bits per heavy atom. The minimum absolute atomic E-state index is 0.312. The molecule has 16 heavy (non-hydrogen) atoms. The molecule has 0 aliphatic heterocycles. The lowest BCUT2D eigenvalue weighted by Gasteiger charge is -2.15. The van der Waals surface area contributed by atoms with Crippen molar-refractivity contribution in [1.82, 2.24) is 0 Å². The minimum Gasteiger partial charge on any atom is -0.481 e. The van der Waals surface area contributed by atoms with E-state index in [0.717, 1.165) is 5.92 Å². The fourth-order valence-electron chi connectivity index (χ4n) is 1.52. The Kier molecular flexibility index (Phi) is 13.4. The third-order valence-corrected chi connectivity index (χ3v) is 2.29. The third kappa shape index (κ3) is 15.6. The molecule has 0 heterocycles. The number of carbonyl (C=O) groups is 2. The molecular formula is C13H26O3. The molecule has 0 amide bonds. The molecular weight excluding hydrogens is 204 g/mol. The minimum atomic E-state index is -1.06. The van der Waals surface area contributed by atoms with Crippen LogP contribution in [0.1, 0.15) is 66.2 Å². The first-order valence-electron chi connectivity index (χ1n) is 6.23.